The Morgan fingerprint density at radius 1 is 0.969 bits per heavy atom. The number of rotatable bonds is 7. The molecular formula is C25H36N6O. The Bertz CT molecular complexity index is 853. The Labute approximate surface area is 191 Å². The van der Waals surface area contributed by atoms with Crippen LogP contribution in [-0.2, 0) is 11.2 Å². The molecule has 1 aromatic heterocycles. The highest BCUT2D eigenvalue weighted by atomic mass is 16.1. The summed E-state index contributed by atoms with van der Waals surface area (Å²) in [4.78, 5) is 28.9. The quantitative estimate of drug-likeness (QED) is 0.720. The number of nitrogens with zero attached hydrogens (tertiary/aromatic N) is 5. The van der Waals surface area contributed by atoms with E-state index >= 15 is 0 Å². The standard InChI is InChI=1S/C25H36N6O/c1-3-29-14-16-31(17-15-29)25-27-18-23(19-28-25)30-12-9-22(10-13-30)24(32)26-11-8-21-6-4-20(2)5-7-21/h4-7,18-19,22H,3,8-17H2,1-2H3,(H,26,32). The monoisotopic (exact) mass is 436 g/mol. The predicted octanol–water partition coefficient (Wildman–Crippen LogP) is 2.50. The highest BCUT2D eigenvalue weighted by molar-refractivity contribution is 5.79. The highest BCUT2D eigenvalue weighted by Gasteiger charge is 2.25. The van der Waals surface area contributed by atoms with Gasteiger partial charge in [0, 0.05) is 51.7 Å². The van der Waals surface area contributed by atoms with Gasteiger partial charge in [-0.15, -0.1) is 0 Å². The van der Waals surface area contributed by atoms with Gasteiger partial charge in [-0.05, 0) is 38.3 Å². The number of aromatic nitrogens is 2. The minimum atomic E-state index is 0.0966. The maximum Gasteiger partial charge on any atom is 0.225 e. The number of amides is 1. The van der Waals surface area contributed by atoms with E-state index in [-0.39, 0.29) is 11.8 Å². The third-order valence-electron chi connectivity index (χ3n) is 6.79. The number of carbonyl (C=O) groups excluding carboxylic acids is 1. The molecular weight excluding hydrogens is 400 g/mol. The minimum Gasteiger partial charge on any atom is -0.369 e. The number of hydrogen-bond donors (Lipinski definition) is 1. The Morgan fingerprint density at radius 3 is 2.25 bits per heavy atom. The van der Waals surface area contributed by atoms with E-state index in [4.69, 9.17) is 0 Å². The van der Waals surface area contributed by atoms with Gasteiger partial charge in [0.25, 0.3) is 0 Å². The van der Waals surface area contributed by atoms with Gasteiger partial charge in [0.1, 0.15) is 0 Å². The number of nitrogens with one attached hydrogen (secondary N) is 1. The van der Waals surface area contributed by atoms with Gasteiger partial charge in [0.05, 0.1) is 18.1 Å². The second-order valence-corrected chi connectivity index (χ2v) is 8.95. The Balaban J connectivity index is 1.20. The van der Waals surface area contributed by atoms with Crippen molar-refractivity contribution in [2.75, 3.05) is 62.2 Å². The van der Waals surface area contributed by atoms with Crippen molar-refractivity contribution in [3.8, 4) is 0 Å². The SMILES string of the molecule is CCN1CCN(c2ncc(N3CCC(C(=O)NCCc4ccc(C)cc4)CC3)cn2)CC1. The summed E-state index contributed by atoms with van der Waals surface area (Å²) in [5.41, 5.74) is 3.58. The summed E-state index contributed by atoms with van der Waals surface area (Å²) < 4.78 is 0. The van der Waals surface area contributed by atoms with Crippen molar-refractivity contribution >= 4 is 17.5 Å². The summed E-state index contributed by atoms with van der Waals surface area (Å²) in [5.74, 6) is 1.11. The molecule has 2 aliphatic rings. The van der Waals surface area contributed by atoms with Crippen molar-refractivity contribution < 1.29 is 4.79 Å². The van der Waals surface area contributed by atoms with Crippen LogP contribution in [0.25, 0.3) is 0 Å². The molecule has 7 nitrogen and oxygen atoms in total. The van der Waals surface area contributed by atoms with Crippen LogP contribution in [0.2, 0.25) is 0 Å². The molecule has 2 saturated heterocycles. The average molecular weight is 437 g/mol. The van der Waals surface area contributed by atoms with Crippen LogP contribution in [0.15, 0.2) is 36.7 Å². The number of aryl methyl sites for hydroxylation is 1. The zero-order chi connectivity index (χ0) is 22.3. The molecule has 3 heterocycles. The molecule has 0 bridgehead atoms. The first-order valence-corrected chi connectivity index (χ1v) is 12.0. The van der Waals surface area contributed by atoms with E-state index < -0.39 is 0 Å². The summed E-state index contributed by atoms with van der Waals surface area (Å²) in [6.45, 7) is 12.0. The summed E-state index contributed by atoms with van der Waals surface area (Å²) in [6.07, 6.45) is 6.50. The fourth-order valence-electron chi connectivity index (χ4n) is 4.53. The van der Waals surface area contributed by atoms with Crippen LogP contribution in [0.5, 0.6) is 0 Å². The van der Waals surface area contributed by atoms with Crippen LogP contribution in [0.1, 0.15) is 30.9 Å². The average Bonchev–Trinajstić information content (AvgIpc) is 2.85. The highest BCUT2D eigenvalue weighted by Crippen LogP contribution is 2.23. The van der Waals surface area contributed by atoms with Gasteiger partial charge in [-0.3, -0.25) is 4.79 Å². The van der Waals surface area contributed by atoms with Crippen molar-refractivity contribution in [3.63, 3.8) is 0 Å². The van der Waals surface area contributed by atoms with Gasteiger partial charge in [-0.1, -0.05) is 36.8 Å². The summed E-state index contributed by atoms with van der Waals surface area (Å²) >= 11 is 0. The molecule has 2 aromatic rings. The number of carbonyl (C=O) groups is 1. The first-order chi connectivity index (χ1) is 15.6. The molecule has 0 radical (unpaired) electrons. The fraction of sp³-hybridized carbons (Fsp3) is 0.560. The molecule has 0 atom stereocenters. The molecule has 2 aliphatic heterocycles. The van der Waals surface area contributed by atoms with Crippen molar-refractivity contribution in [1.29, 1.82) is 0 Å². The topological polar surface area (TPSA) is 64.6 Å². The van der Waals surface area contributed by atoms with Gasteiger partial charge < -0.3 is 20.0 Å². The lowest BCUT2D eigenvalue weighted by Crippen LogP contribution is -2.46. The van der Waals surface area contributed by atoms with Crippen molar-refractivity contribution in [1.82, 2.24) is 20.2 Å². The molecule has 172 valence electrons. The maximum absolute atomic E-state index is 12.6. The van der Waals surface area contributed by atoms with Crippen LogP contribution in [-0.4, -0.2) is 73.1 Å². The number of piperazine rings is 1. The molecule has 0 spiro atoms. The molecule has 1 amide bonds. The Hall–Kier alpha value is -2.67. The van der Waals surface area contributed by atoms with Crippen LogP contribution >= 0.6 is 0 Å². The molecule has 0 saturated carbocycles. The normalized spacial score (nSPS) is 18.1. The van der Waals surface area contributed by atoms with E-state index in [0.717, 1.165) is 76.7 Å². The van der Waals surface area contributed by atoms with E-state index in [2.05, 4.69) is 68.1 Å². The zero-order valence-corrected chi connectivity index (χ0v) is 19.5. The second kappa shape index (κ2) is 10.8. The van der Waals surface area contributed by atoms with E-state index in [0.29, 0.717) is 6.54 Å². The second-order valence-electron chi connectivity index (χ2n) is 8.95. The lowest BCUT2D eigenvalue weighted by atomic mass is 9.95. The number of hydrogen-bond acceptors (Lipinski definition) is 6. The summed E-state index contributed by atoms with van der Waals surface area (Å²) in [5, 5.41) is 3.13. The zero-order valence-electron chi connectivity index (χ0n) is 19.5. The smallest absolute Gasteiger partial charge is 0.225 e. The molecule has 0 aliphatic carbocycles. The predicted molar refractivity (Wildman–Crippen MR) is 129 cm³/mol. The largest absolute Gasteiger partial charge is 0.369 e. The van der Waals surface area contributed by atoms with Gasteiger partial charge in [0.15, 0.2) is 0 Å². The van der Waals surface area contributed by atoms with E-state index in [1.165, 1.54) is 11.1 Å². The number of piperidine rings is 1. The van der Waals surface area contributed by atoms with Crippen LogP contribution in [0.4, 0.5) is 11.6 Å². The first-order valence-electron chi connectivity index (χ1n) is 12.0. The van der Waals surface area contributed by atoms with Gasteiger partial charge in [-0.2, -0.15) is 0 Å². The van der Waals surface area contributed by atoms with Gasteiger partial charge in [0.2, 0.25) is 11.9 Å². The number of anilines is 2. The minimum absolute atomic E-state index is 0.0966. The summed E-state index contributed by atoms with van der Waals surface area (Å²) in [6, 6.07) is 8.52. The maximum atomic E-state index is 12.6. The van der Waals surface area contributed by atoms with Gasteiger partial charge >= 0.3 is 0 Å². The van der Waals surface area contributed by atoms with Crippen molar-refractivity contribution in [2.45, 2.75) is 33.1 Å². The molecule has 1 N–H and O–H groups in total. The van der Waals surface area contributed by atoms with Crippen molar-refractivity contribution in [3.05, 3.63) is 47.8 Å². The molecule has 7 heteroatoms. The molecule has 1 aromatic carbocycles. The van der Waals surface area contributed by atoms with Crippen molar-refractivity contribution in [2.24, 2.45) is 5.92 Å². The lowest BCUT2D eigenvalue weighted by molar-refractivity contribution is -0.125. The van der Waals surface area contributed by atoms with Crippen LogP contribution in [0, 0.1) is 12.8 Å². The molecule has 32 heavy (non-hydrogen) atoms. The first kappa shape index (κ1) is 22.5. The summed E-state index contributed by atoms with van der Waals surface area (Å²) in [7, 11) is 0. The Morgan fingerprint density at radius 2 is 1.62 bits per heavy atom. The third kappa shape index (κ3) is 5.76. The van der Waals surface area contributed by atoms with E-state index in [1.807, 2.05) is 12.4 Å². The fourth-order valence-corrected chi connectivity index (χ4v) is 4.53. The van der Waals surface area contributed by atoms with Gasteiger partial charge in [-0.25, -0.2) is 9.97 Å². The molecule has 0 unspecified atom stereocenters. The molecule has 2 fully saturated rings. The molecule has 4 rings (SSSR count). The van der Waals surface area contributed by atoms with Crippen LogP contribution < -0.4 is 15.1 Å². The van der Waals surface area contributed by atoms with Crippen LogP contribution in [0.3, 0.4) is 0 Å². The van der Waals surface area contributed by atoms with E-state index in [1.54, 1.807) is 0 Å². The third-order valence-corrected chi connectivity index (χ3v) is 6.79. The lowest BCUT2D eigenvalue weighted by Gasteiger charge is -2.35. The number of likely N-dealkylation sites (N-methyl/N-ethyl adjacent to an activating group) is 1. The number of benzene rings is 1. The van der Waals surface area contributed by atoms with E-state index in [9.17, 15) is 4.79 Å². The Kier molecular flexibility index (Phi) is 7.58.